The van der Waals surface area contributed by atoms with Crippen LogP contribution in [0.3, 0.4) is 0 Å². The van der Waals surface area contributed by atoms with Crippen LogP contribution >= 0.6 is 0 Å². The van der Waals surface area contributed by atoms with Gasteiger partial charge in [0.05, 0.1) is 4.90 Å². The molecule has 1 aliphatic heterocycles. The van der Waals surface area contributed by atoms with E-state index >= 15 is 0 Å². The van der Waals surface area contributed by atoms with Gasteiger partial charge in [0.25, 0.3) is 5.91 Å². The zero-order valence-corrected chi connectivity index (χ0v) is 18.5. The van der Waals surface area contributed by atoms with Crippen molar-refractivity contribution >= 4 is 21.6 Å². The van der Waals surface area contributed by atoms with E-state index in [0.29, 0.717) is 13.0 Å². The summed E-state index contributed by atoms with van der Waals surface area (Å²) in [6.07, 6.45) is 4.60. The lowest BCUT2D eigenvalue weighted by Gasteiger charge is -2.23. The Hall–Kier alpha value is -2.38. The molecule has 6 nitrogen and oxygen atoms in total. The maximum absolute atomic E-state index is 13.1. The summed E-state index contributed by atoms with van der Waals surface area (Å²) in [5, 5.41) is 0. The van der Waals surface area contributed by atoms with Gasteiger partial charge in [-0.05, 0) is 86.1 Å². The van der Waals surface area contributed by atoms with Gasteiger partial charge in [-0.3, -0.25) is 4.79 Å². The highest BCUT2D eigenvalue weighted by molar-refractivity contribution is 7.89. The van der Waals surface area contributed by atoms with Crippen LogP contribution in [0.25, 0.3) is 0 Å². The molecule has 4 rings (SSSR count). The molecule has 0 saturated heterocycles. The van der Waals surface area contributed by atoms with Crippen LogP contribution in [0.2, 0.25) is 0 Å². The van der Waals surface area contributed by atoms with E-state index in [-0.39, 0.29) is 10.8 Å². The Labute approximate surface area is 178 Å². The number of fused-ring (bicyclic) bond motifs is 2. The third-order valence-electron chi connectivity index (χ3n) is 5.97. The number of carbonyl (C=O) groups is 1. The number of nitrogens with zero attached hydrogens (tertiary/aromatic N) is 2. The first-order valence-corrected chi connectivity index (χ1v) is 11.9. The van der Waals surface area contributed by atoms with Gasteiger partial charge in [0.1, 0.15) is 5.75 Å². The van der Waals surface area contributed by atoms with Crippen LogP contribution in [-0.4, -0.2) is 45.4 Å². The Morgan fingerprint density at radius 3 is 2.47 bits per heavy atom. The fraction of sp³-hybridized carbons (Fsp3) is 0.435. The fourth-order valence-electron chi connectivity index (χ4n) is 4.24. The normalized spacial score (nSPS) is 16.9. The standard InChI is InChI=1S/C23H28N2O4S/c1-16(29-20-9-8-17-6-4-5-7-18(17)14-20)23(26)25-13-12-19-15-21(10-11-22(19)25)30(27,28)24(2)3/h8-11,14-16H,4-7,12-13H2,1-3H3/t16-/m1/s1. The molecule has 2 aromatic rings. The minimum absolute atomic E-state index is 0.116. The Balaban J connectivity index is 1.50. The van der Waals surface area contributed by atoms with Gasteiger partial charge in [-0.2, -0.15) is 0 Å². The Morgan fingerprint density at radius 1 is 1.00 bits per heavy atom. The molecular formula is C23H28N2O4S. The summed E-state index contributed by atoms with van der Waals surface area (Å²) in [6, 6.07) is 11.1. The maximum atomic E-state index is 13.1. The molecule has 1 amide bonds. The summed E-state index contributed by atoms with van der Waals surface area (Å²) in [5.74, 6) is 0.609. The molecule has 7 heteroatoms. The third-order valence-corrected chi connectivity index (χ3v) is 7.78. The first kappa shape index (κ1) is 20.9. The lowest BCUT2D eigenvalue weighted by Crippen LogP contribution is -2.39. The average molecular weight is 429 g/mol. The summed E-state index contributed by atoms with van der Waals surface area (Å²) >= 11 is 0. The van der Waals surface area contributed by atoms with Crippen molar-refractivity contribution in [3.63, 3.8) is 0 Å². The minimum atomic E-state index is -3.50. The smallest absolute Gasteiger partial charge is 0.267 e. The van der Waals surface area contributed by atoms with Crippen molar-refractivity contribution < 1.29 is 17.9 Å². The van der Waals surface area contributed by atoms with Gasteiger partial charge in [0.2, 0.25) is 10.0 Å². The molecule has 1 aliphatic carbocycles. The van der Waals surface area contributed by atoms with Crippen LogP contribution in [0.1, 0.15) is 36.5 Å². The van der Waals surface area contributed by atoms with Crippen molar-refractivity contribution in [3.8, 4) is 5.75 Å². The van der Waals surface area contributed by atoms with Crippen molar-refractivity contribution in [3.05, 3.63) is 53.1 Å². The fourth-order valence-corrected chi connectivity index (χ4v) is 5.19. The van der Waals surface area contributed by atoms with Crippen molar-refractivity contribution in [2.24, 2.45) is 0 Å². The monoisotopic (exact) mass is 428 g/mol. The lowest BCUT2D eigenvalue weighted by atomic mass is 9.92. The summed E-state index contributed by atoms with van der Waals surface area (Å²) in [5.41, 5.74) is 4.33. The molecule has 0 spiro atoms. The summed E-state index contributed by atoms with van der Waals surface area (Å²) in [4.78, 5) is 15.0. The zero-order valence-electron chi connectivity index (χ0n) is 17.7. The van der Waals surface area contributed by atoms with Crippen molar-refractivity contribution in [1.82, 2.24) is 4.31 Å². The van der Waals surface area contributed by atoms with E-state index in [1.165, 1.54) is 42.4 Å². The van der Waals surface area contributed by atoms with Crippen LogP contribution in [-0.2, 0) is 34.1 Å². The molecule has 2 aliphatic rings. The average Bonchev–Trinajstić information content (AvgIpc) is 3.16. The van der Waals surface area contributed by atoms with E-state index in [0.717, 1.165) is 29.8 Å². The number of ether oxygens (including phenoxy) is 1. The molecule has 0 saturated carbocycles. The van der Waals surface area contributed by atoms with E-state index in [4.69, 9.17) is 4.74 Å². The van der Waals surface area contributed by atoms with E-state index in [1.807, 2.05) is 6.07 Å². The third kappa shape index (κ3) is 3.84. The predicted molar refractivity (Wildman–Crippen MR) is 117 cm³/mol. The van der Waals surface area contributed by atoms with E-state index < -0.39 is 16.1 Å². The van der Waals surface area contributed by atoms with E-state index in [1.54, 1.807) is 30.0 Å². The van der Waals surface area contributed by atoms with Crippen LogP contribution < -0.4 is 9.64 Å². The minimum Gasteiger partial charge on any atom is -0.481 e. The Kier molecular flexibility index (Phi) is 5.59. The largest absolute Gasteiger partial charge is 0.481 e. The molecule has 160 valence electrons. The van der Waals surface area contributed by atoms with E-state index in [2.05, 4.69) is 12.1 Å². The Morgan fingerprint density at radius 2 is 1.73 bits per heavy atom. The molecule has 0 radical (unpaired) electrons. The highest BCUT2D eigenvalue weighted by Crippen LogP contribution is 2.32. The van der Waals surface area contributed by atoms with Gasteiger partial charge in [-0.25, -0.2) is 12.7 Å². The molecule has 0 N–H and O–H groups in total. The van der Waals surface area contributed by atoms with Crippen LogP contribution in [0.5, 0.6) is 5.75 Å². The van der Waals surface area contributed by atoms with Gasteiger partial charge in [-0.1, -0.05) is 6.07 Å². The summed E-state index contributed by atoms with van der Waals surface area (Å²) < 4.78 is 32.0. The van der Waals surface area contributed by atoms with Gasteiger partial charge in [-0.15, -0.1) is 0 Å². The lowest BCUT2D eigenvalue weighted by molar-refractivity contribution is -0.124. The maximum Gasteiger partial charge on any atom is 0.267 e. The molecule has 0 aromatic heterocycles. The highest BCUT2D eigenvalue weighted by atomic mass is 32.2. The highest BCUT2D eigenvalue weighted by Gasteiger charge is 2.30. The molecule has 1 atom stereocenters. The Bertz CT molecular complexity index is 1080. The van der Waals surface area contributed by atoms with Crippen molar-refractivity contribution in [2.45, 2.75) is 50.0 Å². The summed E-state index contributed by atoms with van der Waals surface area (Å²) in [7, 11) is -0.472. The quantitative estimate of drug-likeness (QED) is 0.734. The van der Waals surface area contributed by atoms with Crippen LogP contribution in [0, 0.1) is 0 Å². The number of anilines is 1. The zero-order chi connectivity index (χ0) is 21.5. The summed E-state index contributed by atoms with van der Waals surface area (Å²) in [6.45, 7) is 2.29. The van der Waals surface area contributed by atoms with E-state index in [9.17, 15) is 13.2 Å². The van der Waals surface area contributed by atoms with Crippen molar-refractivity contribution in [1.29, 1.82) is 0 Å². The molecular weight excluding hydrogens is 400 g/mol. The van der Waals surface area contributed by atoms with Gasteiger partial charge in [0, 0.05) is 26.3 Å². The second kappa shape index (κ2) is 8.04. The molecule has 1 heterocycles. The predicted octanol–water partition coefficient (Wildman–Crippen LogP) is 3.17. The van der Waals surface area contributed by atoms with Crippen LogP contribution in [0.15, 0.2) is 41.3 Å². The van der Waals surface area contributed by atoms with Gasteiger partial charge < -0.3 is 9.64 Å². The number of amides is 1. The number of rotatable bonds is 5. The SMILES string of the molecule is C[C@@H](Oc1ccc2c(c1)CCCC2)C(=O)N1CCc2cc(S(=O)(=O)N(C)C)ccc21. The first-order chi connectivity index (χ1) is 14.3. The second-order valence-corrected chi connectivity index (χ2v) is 10.4. The number of sulfonamides is 1. The molecule has 2 aromatic carbocycles. The number of carbonyl (C=O) groups excluding carboxylic acids is 1. The number of aryl methyl sites for hydroxylation is 2. The molecule has 0 bridgehead atoms. The molecule has 0 fully saturated rings. The van der Waals surface area contributed by atoms with Gasteiger partial charge in [0.15, 0.2) is 6.10 Å². The first-order valence-electron chi connectivity index (χ1n) is 10.4. The molecule has 30 heavy (non-hydrogen) atoms. The van der Waals surface area contributed by atoms with Crippen molar-refractivity contribution in [2.75, 3.05) is 25.5 Å². The molecule has 0 unspecified atom stereocenters. The number of benzene rings is 2. The van der Waals surface area contributed by atoms with Gasteiger partial charge >= 0.3 is 0 Å². The second-order valence-electron chi connectivity index (χ2n) is 8.22. The number of hydrogen-bond donors (Lipinski definition) is 0. The number of hydrogen-bond acceptors (Lipinski definition) is 4. The topological polar surface area (TPSA) is 66.9 Å². The van der Waals surface area contributed by atoms with Crippen LogP contribution in [0.4, 0.5) is 5.69 Å².